The number of aliphatic hydroxyl groups is 1. The lowest BCUT2D eigenvalue weighted by Crippen LogP contribution is -2.59. The highest BCUT2D eigenvalue weighted by atomic mass is 19.3. The number of primary amides is 1. The van der Waals surface area contributed by atoms with E-state index in [-0.39, 0.29) is 11.8 Å². The number of nitrogens with one attached hydrogen (secondary N) is 2. The van der Waals surface area contributed by atoms with Gasteiger partial charge in [0, 0.05) is 13.0 Å². The topological polar surface area (TPSA) is 151 Å². The number of likely N-dealkylation sites (tertiary alicyclic amines) is 1. The molecule has 1 saturated carbocycles. The fourth-order valence-electron chi connectivity index (χ4n) is 5.37. The Kier molecular flexibility index (Phi) is 9.89. The zero-order chi connectivity index (χ0) is 28.2. The second-order valence-corrected chi connectivity index (χ2v) is 11.8. The normalized spacial score (nSPS) is 22.2. The summed E-state index contributed by atoms with van der Waals surface area (Å²) in [7, 11) is 1.19. The summed E-state index contributed by atoms with van der Waals surface area (Å²) in [4.78, 5) is 52.4. The van der Waals surface area contributed by atoms with E-state index in [0.717, 1.165) is 32.1 Å². The van der Waals surface area contributed by atoms with Crippen molar-refractivity contribution in [1.29, 1.82) is 0 Å². The zero-order valence-electron chi connectivity index (χ0n) is 22.4. The van der Waals surface area contributed by atoms with Crippen LogP contribution in [0.25, 0.3) is 0 Å². The monoisotopic (exact) mass is 532 g/mol. The molecule has 0 bridgehead atoms. The molecule has 0 aromatic rings. The Morgan fingerprint density at radius 2 is 1.70 bits per heavy atom. The van der Waals surface area contributed by atoms with Gasteiger partial charge in [-0.1, -0.05) is 40.0 Å². The number of carbonyl (C=O) groups excluding carboxylic acids is 4. The molecule has 1 aliphatic heterocycles. The molecule has 4 atom stereocenters. The van der Waals surface area contributed by atoms with Crippen molar-refractivity contribution in [2.24, 2.45) is 16.6 Å². The van der Waals surface area contributed by atoms with Crippen molar-refractivity contribution in [2.75, 3.05) is 13.7 Å². The number of alkyl carbamates (subject to hydrolysis) is 1. The van der Waals surface area contributed by atoms with Crippen LogP contribution >= 0.6 is 0 Å². The molecule has 1 heterocycles. The third-order valence-corrected chi connectivity index (χ3v) is 7.46. The third-order valence-electron chi connectivity index (χ3n) is 7.46. The van der Waals surface area contributed by atoms with Crippen molar-refractivity contribution < 1.29 is 37.8 Å². The molecule has 37 heavy (non-hydrogen) atoms. The quantitative estimate of drug-likeness (QED) is 0.357. The maximum Gasteiger partial charge on any atom is 0.407 e. The van der Waals surface area contributed by atoms with Gasteiger partial charge in [0.1, 0.15) is 12.1 Å². The van der Waals surface area contributed by atoms with Crippen molar-refractivity contribution in [3.05, 3.63) is 0 Å². The average molecular weight is 533 g/mol. The van der Waals surface area contributed by atoms with Gasteiger partial charge in [-0.05, 0) is 43.4 Å². The molecule has 1 aliphatic carbocycles. The average Bonchev–Trinajstić information content (AvgIpc) is 3.16. The molecule has 0 aromatic heterocycles. The van der Waals surface area contributed by atoms with E-state index in [9.17, 15) is 33.1 Å². The lowest BCUT2D eigenvalue weighted by molar-refractivity contribution is -0.143. The fraction of sp³-hybridized carbons (Fsp3) is 0.840. The molecule has 10 nitrogen and oxygen atoms in total. The summed E-state index contributed by atoms with van der Waals surface area (Å²) >= 11 is 0. The lowest BCUT2D eigenvalue weighted by Gasteiger charge is -2.36. The molecule has 12 heteroatoms. The van der Waals surface area contributed by atoms with E-state index >= 15 is 0 Å². The Morgan fingerprint density at radius 1 is 1.11 bits per heavy atom. The van der Waals surface area contributed by atoms with Crippen LogP contribution in [0.2, 0.25) is 0 Å². The standard InChI is InChI=1S/C25H42F2N4O6/c1-23(2,3)18(30-22(36)37-5)21(35)31-14-25(10-7-6-8-11-25)13-16(31)20(34)29-15(17(32)19(28)33)9-12-24(4,26)27/h15-18,32H,6-14H2,1-5H3,(H2,28,33)(H,29,34)(H,30,36)/t15-,16-,17?,18+/m0/s1. The molecule has 1 saturated heterocycles. The Hall–Kier alpha value is -2.50. The molecule has 2 aliphatic rings. The van der Waals surface area contributed by atoms with Crippen LogP contribution in [-0.2, 0) is 19.1 Å². The Balaban J connectivity index is 2.36. The van der Waals surface area contributed by atoms with Crippen LogP contribution in [0.3, 0.4) is 0 Å². The number of carbonyl (C=O) groups is 4. The number of alkyl halides is 2. The molecule has 0 radical (unpaired) electrons. The van der Waals surface area contributed by atoms with E-state index in [1.54, 1.807) is 20.8 Å². The molecule has 212 valence electrons. The van der Waals surface area contributed by atoms with Gasteiger partial charge in [0.15, 0.2) is 6.10 Å². The SMILES string of the molecule is COC(=O)N[C@H](C(=O)N1CC2(CCCCC2)C[C@H]1C(=O)N[C@@H](CCC(C)(F)F)C(O)C(N)=O)C(C)(C)C. The Morgan fingerprint density at radius 3 is 2.19 bits per heavy atom. The summed E-state index contributed by atoms with van der Waals surface area (Å²) in [5.74, 6) is -5.36. The molecule has 1 unspecified atom stereocenters. The summed E-state index contributed by atoms with van der Waals surface area (Å²) in [6.07, 6.45) is 1.22. The smallest absolute Gasteiger partial charge is 0.407 e. The van der Waals surface area contributed by atoms with E-state index in [1.807, 2.05) is 0 Å². The molecule has 5 N–H and O–H groups in total. The first-order chi connectivity index (χ1) is 17.0. The van der Waals surface area contributed by atoms with Gasteiger partial charge in [-0.3, -0.25) is 14.4 Å². The fourth-order valence-corrected chi connectivity index (χ4v) is 5.37. The molecular weight excluding hydrogens is 490 g/mol. The first-order valence-corrected chi connectivity index (χ1v) is 12.8. The van der Waals surface area contributed by atoms with Crippen LogP contribution in [-0.4, -0.2) is 77.6 Å². The number of amides is 4. The van der Waals surface area contributed by atoms with E-state index < -0.39 is 65.8 Å². The van der Waals surface area contributed by atoms with Crippen molar-refractivity contribution in [2.45, 2.75) is 109 Å². The van der Waals surface area contributed by atoms with Gasteiger partial charge in [0.05, 0.1) is 13.2 Å². The summed E-state index contributed by atoms with van der Waals surface area (Å²) in [5.41, 5.74) is 4.19. The number of aliphatic hydroxyl groups excluding tert-OH is 1. The zero-order valence-corrected chi connectivity index (χ0v) is 22.4. The number of rotatable bonds is 9. The van der Waals surface area contributed by atoms with Crippen molar-refractivity contribution in [1.82, 2.24) is 15.5 Å². The second kappa shape index (κ2) is 11.9. The summed E-state index contributed by atoms with van der Waals surface area (Å²) in [6, 6.07) is -3.32. The highest BCUT2D eigenvalue weighted by Crippen LogP contribution is 2.47. The molecular formula is C25H42F2N4O6. The van der Waals surface area contributed by atoms with Crippen molar-refractivity contribution >= 4 is 23.8 Å². The van der Waals surface area contributed by atoms with Crippen LogP contribution in [0.15, 0.2) is 0 Å². The predicted octanol–water partition coefficient (Wildman–Crippen LogP) is 2.07. The van der Waals surface area contributed by atoms with E-state index in [1.165, 1.54) is 12.0 Å². The minimum Gasteiger partial charge on any atom is -0.453 e. The highest BCUT2D eigenvalue weighted by molar-refractivity contribution is 5.93. The summed E-state index contributed by atoms with van der Waals surface area (Å²) in [5, 5.41) is 15.3. The van der Waals surface area contributed by atoms with E-state index in [2.05, 4.69) is 10.6 Å². The lowest BCUT2D eigenvalue weighted by atomic mass is 9.72. The van der Waals surface area contributed by atoms with E-state index in [0.29, 0.717) is 19.9 Å². The van der Waals surface area contributed by atoms with Gasteiger partial charge in [-0.25, -0.2) is 13.6 Å². The number of nitrogens with zero attached hydrogens (tertiary/aromatic N) is 1. The van der Waals surface area contributed by atoms with Gasteiger partial charge in [-0.15, -0.1) is 0 Å². The molecule has 0 aromatic carbocycles. The maximum atomic E-state index is 13.8. The minimum atomic E-state index is -3.08. The predicted molar refractivity (Wildman–Crippen MR) is 131 cm³/mol. The maximum absolute atomic E-state index is 13.8. The van der Waals surface area contributed by atoms with Gasteiger partial charge >= 0.3 is 6.09 Å². The number of ether oxygens (including phenoxy) is 1. The third kappa shape index (κ3) is 8.24. The number of nitrogens with two attached hydrogens (primary N) is 1. The van der Waals surface area contributed by atoms with Crippen LogP contribution in [0.4, 0.5) is 13.6 Å². The van der Waals surface area contributed by atoms with Crippen LogP contribution < -0.4 is 16.4 Å². The number of hydrogen-bond acceptors (Lipinski definition) is 6. The van der Waals surface area contributed by atoms with Crippen molar-refractivity contribution in [3.8, 4) is 0 Å². The summed E-state index contributed by atoms with van der Waals surface area (Å²) < 4.78 is 31.7. The first-order valence-electron chi connectivity index (χ1n) is 12.8. The Labute approximate surface area is 217 Å². The number of methoxy groups -OCH3 is 1. The van der Waals surface area contributed by atoms with E-state index in [4.69, 9.17) is 10.5 Å². The molecule has 4 amide bonds. The van der Waals surface area contributed by atoms with Crippen molar-refractivity contribution in [3.63, 3.8) is 0 Å². The first kappa shape index (κ1) is 30.7. The highest BCUT2D eigenvalue weighted by Gasteiger charge is 2.51. The number of hydrogen-bond donors (Lipinski definition) is 4. The Bertz CT molecular complexity index is 851. The molecule has 2 fully saturated rings. The van der Waals surface area contributed by atoms with Gasteiger partial charge in [0.2, 0.25) is 23.6 Å². The largest absolute Gasteiger partial charge is 0.453 e. The van der Waals surface area contributed by atoms with Crippen LogP contribution in [0.5, 0.6) is 0 Å². The van der Waals surface area contributed by atoms with Crippen LogP contribution in [0, 0.1) is 10.8 Å². The minimum absolute atomic E-state index is 0.294. The van der Waals surface area contributed by atoms with Gasteiger partial charge in [-0.2, -0.15) is 0 Å². The second-order valence-electron chi connectivity index (χ2n) is 11.8. The summed E-state index contributed by atoms with van der Waals surface area (Å²) in [6.45, 7) is 6.33. The molecule has 1 spiro atoms. The molecule has 2 rings (SSSR count). The van der Waals surface area contributed by atoms with Gasteiger partial charge in [0.25, 0.3) is 0 Å². The van der Waals surface area contributed by atoms with Gasteiger partial charge < -0.3 is 31.1 Å². The number of halogens is 2. The van der Waals surface area contributed by atoms with Crippen LogP contribution in [0.1, 0.15) is 79.1 Å².